The summed E-state index contributed by atoms with van der Waals surface area (Å²) in [4.78, 5) is 25.2. The van der Waals surface area contributed by atoms with E-state index in [4.69, 9.17) is 5.73 Å². The molecule has 4 N–H and O–H groups in total. The maximum absolute atomic E-state index is 11.8. The van der Waals surface area contributed by atoms with E-state index in [0.717, 1.165) is 16.9 Å². The van der Waals surface area contributed by atoms with Crippen LogP contribution in [-0.2, 0) is 17.8 Å². The number of carbonyl (C=O) groups excluding carboxylic acids is 1. The largest absolute Gasteiger partial charge is 0.349 e. The van der Waals surface area contributed by atoms with Crippen molar-refractivity contribution in [3.63, 3.8) is 0 Å². The van der Waals surface area contributed by atoms with Crippen molar-refractivity contribution in [1.29, 1.82) is 0 Å². The average Bonchev–Trinajstić information content (AvgIpc) is 2.83. The normalized spacial score (nSPS) is 12.1. The minimum atomic E-state index is -0.590. The molecule has 1 atom stereocenters. The SMILES string of the molecule is N[C@H](Cc1ccccc1)C(=O)NCc1csc(=O)[nH]1. The molecule has 0 aliphatic heterocycles. The minimum absolute atomic E-state index is 0.127. The zero-order chi connectivity index (χ0) is 13.7. The summed E-state index contributed by atoms with van der Waals surface area (Å²) in [6.45, 7) is 0.292. The molecule has 0 bridgehead atoms. The summed E-state index contributed by atoms with van der Waals surface area (Å²) in [5.74, 6) is -0.226. The van der Waals surface area contributed by atoms with E-state index in [1.807, 2.05) is 30.3 Å². The van der Waals surface area contributed by atoms with Crippen molar-refractivity contribution in [2.45, 2.75) is 19.0 Å². The summed E-state index contributed by atoms with van der Waals surface area (Å²) < 4.78 is 0. The number of amides is 1. The number of aromatic nitrogens is 1. The molecule has 0 aliphatic rings. The fourth-order valence-electron chi connectivity index (χ4n) is 1.67. The van der Waals surface area contributed by atoms with Crippen LogP contribution in [0.3, 0.4) is 0 Å². The van der Waals surface area contributed by atoms with E-state index in [9.17, 15) is 9.59 Å². The molecule has 19 heavy (non-hydrogen) atoms. The molecule has 1 heterocycles. The monoisotopic (exact) mass is 277 g/mol. The van der Waals surface area contributed by atoms with Gasteiger partial charge in [-0.2, -0.15) is 0 Å². The lowest BCUT2D eigenvalue weighted by Crippen LogP contribution is -2.41. The first-order valence-electron chi connectivity index (χ1n) is 5.89. The zero-order valence-electron chi connectivity index (χ0n) is 10.3. The molecule has 0 fully saturated rings. The van der Waals surface area contributed by atoms with Crippen LogP contribution in [-0.4, -0.2) is 16.9 Å². The number of carbonyl (C=O) groups is 1. The van der Waals surface area contributed by atoms with Gasteiger partial charge < -0.3 is 16.0 Å². The van der Waals surface area contributed by atoms with Crippen LogP contribution in [0.5, 0.6) is 0 Å². The molecule has 1 aromatic carbocycles. The average molecular weight is 277 g/mol. The second-order valence-corrected chi connectivity index (χ2v) is 5.03. The van der Waals surface area contributed by atoms with Crippen LogP contribution < -0.4 is 15.9 Å². The number of aromatic amines is 1. The van der Waals surface area contributed by atoms with E-state index < -0.39 is 6.04 Å². The van der Waals surface area contributed by atoms with E-state index in [2.05, 4.69) is 10.3 Å². The molecule has 0 spiro atoms. The molecule has 0 radical (unpaired) electrons. The number of thiazole rings is 1. The van der Waals surface area contributed by atoms with Crippen molar-refractivity contribution in [3.05, 3.63) is 56.6 Å². The highest BCUT2D eigenvalue weighted by Crippen LogP contribution is 2.02. The number of nitrogens with two attached hydrogens (primary N) is 1. The number of rotatable bonds is 5. The quantitative estimate of drug-likeness (QED) is 0.748. The van der Waals surface area contributed by atoms with E-state index in [0.29, 0.717) is 18.7 Å². The molecule has 0 saturated heterocycles. The van der Waals surface area contributed by atoms with Crippen molar-refractivity contribution in [3.8, 4) is 0 Å². The van der Waals surface area contributed by atoms with Crippen molar-refractivity contribution < 1.29 is 4.79 Å². The molecule has 0 saturated carbocycles. The molecule has 0 aliphatic carbocycles. The Morgan fingerprint density at radius 3 is 2.74 bits per heavy atom. The molecule has 5 nitrogen and oxygen atoms in total. The maximum Gasteiger partial charge on any atom is 0.304 e. The van der Waals surface area contributed by atoms with Gasteiger partial charge in [-0.3, -0.25) is 9.59 Å². The first kappa shape index (κ1) is 13.5. The highest BCUT2D eigenvalue weighted by Gasteiger charge is 2.13. The van der Waals surface area contributed by atoms with Gasteiger partial charge in [0.2, 0.25) is 5.91 Å². The van der Waals surface area contributed by atoms with Crippen LogP contribution >= 0.6 is 11.3 Å². The van der Waals surface area contributed by atoms with Crippen LogP contribution in [0, 0.1) is 0 Å². The van der Waals surface area contributed by atoms with Gasteiger partial charge in [-0.05, 0) is 12.0 Å². The van der Waals surface area contributed by atoms with Crippen molar-refractivity contribution in [1.82, 2.24) is 10.3 Å². The zero-order valence-corrected chi connectivity index (χ0v) is 11.1. The topological polar surface area (TPSA) is 88.0 Å². The molecular formula is C13H15N3O2S. The van der Waals surface area contributed by atoms with E-state index in [1.165, 1.54) is 0 Å². The molecular weight excluding hydrogens is 262 g/mol. The highest BCUT2D eigenvalue weighted by molar-refractivity contribution is 7.07. The summed E-state index contributed by atoms with van der Waals surface area (Å²) in [6.07, 6.45) is 0.493. The van der Waals surface area contributed by atoms with Crippen LogP contribution in [0.15, 0.2) is 40.5 Å². The lowest BCUT2D eigenvalue weighted by Gasteiger charge is -2.11. The Kier molecular flexibility index (Phi) is 4.48. The van der Waals surface area contributed by atoms with Crippen molar-refractivity contribution in [2.24, 2.45) is 5.73 Å². The lowest BCUT2D eigenvalue weighted by atomic mass is 10.1. The van der Waals surface area contributed by atoms with Crippen LogP contribution in [0.4, 0.5) is 0 Å². The number of nitrogens with one attached hydrogen (secondary N) is 2. The van der Waals surface area contributed by atoms with E-state index >= 15 is 0 Å². The standard InChI is InChI=1S/C13H15N3O2S/c14-11(6-9-4-2-1-3-5-9)12(17)15-7-10-8-19-13(18)16-10/h1-5,8,11H,6-7,14H2,(H,15,17)(H,16,18)/t11-/m1/s1. The second-order valence-electron chi connectivity index (χ2n) is 4.19. The Morgan fingerprint density at radius 2 is 2.11 bits per heavy atom. The third kappa shape index (κ3) is 4.04. The second kappa shape index (κ2) is 6.31. The Morgan fingerprint density at radius 1 is 1.37 bits per heavy atom. The number of hydrogen-bond acceptors (Lipinski definition) is 4. The van der Waals surface area contributed by atoms with Gasteiger partial charge in [-0.1, -0.05) is 41.7 Å². The minimum Gasteiger partial charge on any atom is -0.349 e. The predicted octanol–water partition coefficient (Wildman–Crippen LogP) is 0.623. The molecule has 0 unspecified atom stereocenters. The summed E-state index contributed by atoms with van der Waals surface area (Å²) in [5, 5.41) is 4.39. The van der Waals surface area contributed by atoms with E-state index in [-0.39, 0.29) is 10.8 Å². The summed E-state index contributed by atoms with van der Waals surface area (Å²) >= 11 is 1.07. The molecule has 100 valence electrons. The van der Waals surface area contributed by atoms with Gasteiger partial charge in [0.25, 0.3) is 0 Å². The van der Waals surface area contributed by atoms with Gasteiger partial charge >= 0.3 is 4.87 Å². The fraction of sp³-hybridized carbons (Fsp3) is 0.231. The van der Waals surface area contributed by atoms with Gasteiger partial charge in [0.1, 0.15) is 0 Å². The van der Waals surface area contributed by atoms with Gasteiger partial charge in [0.15, 0.2) is 0 Å². The first-order chi connectivity index (χ1) is 9.15. The molecule has 1 amide bonds. The lowest BCUT2D eigenvalue weighted by molar-refractivity contribution is -0.122. The van der Waals surface area contributed by atoms with Crippen molar-refractivity contribution in [2.75, 3.05) is 0 Å². The number of benzene rings is 1. The Hall–Kier alpha value is -1.92. The first-order valence-corrected chi connectivity index (χ1v) is 6.77. The molecule has 2 aromatic rings. The maximum atomic E-state index is 11.8. The summed E-state index contributed by atoms with van der Waals surface area (Å²) in [7, 11) is 0. The van der Waals surface area contributed by atoms with Crippen LogP contribution in [0.2, 0.25) is 0 Å². The Balaban J connectivity index is 1.84. The molecule has 6 heteroatoms. The van der Waals surface area contributed by atoms with Gasteiger partial charge in [-0.25, -0.2) is 0 Å². The highest BCUT2D eigenvalue weighted by atomic mass is 32.1. The van der Waals surface area contributed by atoms with Crippen LogP contribution in [0.1, 0.15) is 11.3 Å². The van der Waals surface area contributed by atoms with Crippen LogP contribution in [0.25, 0.3) is 0 Å². The molecule has 2 rings (SSSR count). The smallest absolute Gasteiger partial charge is 0.304 e. The molecule has 1 aromatic heterocycles. The van der Waals surface area contributed by atoms with E-state index in [1.54, 1.807) is 5.38 Å². The summed E-state index contributed by atoms with van der Waals surface area (Å²) in [5.41, 5.74) is 7.55. The summed E-state index contributed by atoms with van der Waals surface area (Å²) in [6, 6.07) is 9.02. The Bertz CT molecular complexity index is 591. The van der Waals surface area contributed by atoms with Gasteiger partial charge in [-0.15, -0.1) is 0 Å². The Labute approximate surface area is 114 Å². The van der Waals surface area contributed by atoms with Crippen molar-refractivity contribution >= 4 is 17.2 Å². The van der Waals surface area contributed by atoms with Gasteiger partial charge in [0, 0.05) is 11.1 Å². The predicted molar refractivity (Wildman–Crippen MR) is 74.9 cm³/mol. The number of H-pyrrole nitrogens is 1. The third-order valence-corrected chi connectivity index (χ3v) is 3.38. The fourth-order valence-corrected chi connectivity index (χ4v) is 2.26. The third-order valence-electron chi connectivity index (χ3n) is 2.66. The number of hydrogen-bond donors (Lipinski definition) is 3. The van der Waals surface area contributed by atoms with Gasteiger partial charge in [0.05, 0.1) is 12.6 Å².